The minimum Gasteiger partial charge on any atom is -0.454 e. The largest absolute Gasteiger partial charge is 0.454 e. The van der Waals surface area contributed by atoms with Crippen LogP contribution in [0.5, 0.6) is 0 Å². The van der Waals surface area contributed by atoms with Crippen molar-refractivity contribution in [2.24, 2.45) is 0 Å². The van der Waals surface area contributed by atoms with E-state index in [1.807, 2.05) is 30.3 Å². The standard InChI is InChI=1S/C16H13N3O4S/c20-14(9-17-15(21)12-7-4-8-24-12)22-10-13-18-19-16(23-13)11-5-2-1-3-6-11/h1-8H,9-10H2,(H,17,21). The maximum atomic E-state index is 11.7. The van der Waals surface area contributed by atoms with Gasteiger partial charge in [0, 0.05) is 5.56 Å². The second-order valence-corrected chi connectivity index (χ2v) is 5.64. The van der Waals surface area contributed by atoms with E-state index < -0.39 is 5.97 Å². The van der Waals surface area contributed by atoms with Crippen LogP contribution >= 0.6 is 11.3 Å². The van der Waals surface area contributed by atoms with E-state index in [1.54, 1.807) is 17.5 Å². The summed E-state index contributed by atoms with van der Waals surface area (Å²) in [5, 5.41) is 12.0. The van der Waals surface area contributed by atoms with Crippen LogP contribution < -0.4 is 5.32 Å². The summed E-state index contributed by atoms with van der Waals surface area (Å²) >= 11 is 1.30. The van der Waals surface area contributed by atoms with Crippen molar-refractivity contribution in [1.29, 1.82) is 0 Å². The van der Waals surface area contributed by atoms with Crippen molar-refractivity contribution in [2.45, 2.75) is 6.61 Å². The maximum Gasteiger partial charge on any atom is 0.325 e. The summed E-state index contributed by atoms with van der Waals surface area (Å²) < 4.78 is 10.4. The van der Waals surface area contributed by atoms with E-state index in [4.69, 9.17) is 9.15 Å². The highest BCUT2D eigenvalue weighted by molar-refractivity contribution is 7.12. The Morgan fingerprint density at radius 1 is 1.12 bits per heavy atom. The molecule has 0 aliphatic heterocycles. The number of aromatic nitrogens is 2. The first kappa shape index (κ1) is 15.9. The van der Waals surface area contributed by atoms with Crippen molar-refractivity contribution >= 4 is 23.2 Å². The monoisotopic (exact) mass is 343 g/mol. The molecule has 3 aromatic rings. The molecule has 0 saturated heterocycles. The third-order valence-electron chi connectivity index (χ3n) is 2.98. The van der Waals surface area contributed by atoms with E-state index in [2.05, 4.69) is 15.5 Å². The number of nitrogens with one attached hydrogen (secondary N) is 1. The average Bonchev–Trinajstić information content (AvgIpc) is 3.30. The molecule has 0 aliphatic rings. The summed E-state index contributed by atoms with van der Waals surface area (Å²) in [6.07, 6.45) is 0. The lowest BCUT2D eigenvalue weighted by Gasteiger charge is -2.03. The lowest BCUT2D eigenvalue weighted by Crippen LogP contribution is -2.30. The SMILES string of the molecule is O=C(CNC(=O)c1cccs1)OCc1nnc(-c2ccccc2)o1. The number of esters is 1. The van der Waals surface area contributed by atoms with E-state index in [-0.39, 0.29) is 24.9 Å². The molecular weight excluding hydrogens is 330 g/mol. The quantitative estimate of drug-likeness (QED) is 0.690. The molecule has 24 heavy (non-hydrogen) atoms. The number of rotatable bonds is 6. The molecule has 122 valence electrons. The third-order valence-corrected chi connectivity index (χ3v) is 3.85. The van der Waals surface area contributed by atoms with Gasteiger partial charge in [-0.25, -0.2) is 0 Å². The Kier molecular flexibility index (Phi) is 4.97. The van der Waals surface area contributed by atoms with Crippen LogP contribution in [-0.4, -0.2) is 28.6 Å². The number of amides is 1. The number of carbonyl (C=O) groups is 2. The summed E-state index contributed by atoms with van der Waals surface area (Å²) in [7, 11) is 0. The van der Waals surface area contributed by atoms with E-state index in [0.717, 1.165) is 5.56 Å². The Bertz CT molecular complexity index is 815. The van der Waals surface area contributed by atoms with Crippen LogP contribution in [0.4, 0.5) is 0 Å². The van der Waals surface area contributed by atoms with E-state index in [0.29, 0.717) is 10.8 Å². The lowest BCUT2D eigenvalue weighted by molar-refractivity contribution is -0.144. The lowest BCUT2D eigenvalue weighted by atomic mass is 10.2. The van der Waals surface area contributed by atoms with Crippen LogP contribution in [-0.2, 0) is 16.1 Å². The fourth-order valence-electron chi connectivity index (χ4n) is 1.85. The predicted octanol–water partition coefficient (Wildman–Crippen LogP) is 2.27. The first-order valence-corrected chi connectivity index (χ1v) is 7.95. The van der Waals surface area contributed by atoms with E-state index in [1.165, 1.54) is 11.3 Å². The van der Waals surface area contributed by atoms with Crippen molar-refractivity contribution in [3.63, 3.8) is 0 Å². The van der Waals surface area contributed by atoms with Crippen molar-refractivity contribution in [2.75, 3.05) is 6.54 Å². The van der Waals surface area contributed by atoms with Crippen molar-refractivity contribution in [3.05, 3.63) is 58.6 Å². The topological polar surface area (TPSA) is 94.3 Å². The van der Waals surface area contributed by atoms with Gasteiger partial charge in [-0.05, 0) is 23.6 Å². The molecule has 0 bridgehead atoms. The van der Waals surface area contributed by atoms with Crippen LogP contribution in [0.2, 0.25) is 0 Å². The molecule has 8 heteroatoms. The number of thiophene rings is 1. The van der Waals surface area contributed by atoms with E-state index in [9.17, 15) is 9.59 Å². The first-order chi connectivity index (χ1) is 11.7. The number of hydrogen-bond acceptors (Lipinski definition) is 7. The summed E-state index contributed by atoms with van der Waals surface area (Å²) in [6.45, 7) is -0.371. The van der Waals surface area contributed by atoms with Gasteiger partial charge in [-0.2, -0.15) is 0 Å². The van der Waals surface area contributed by atoms with Crippen molar-refractivity contribution in [1.82, 2.24) is 15.5 Å². The molecule has 0 atom stereocenters. The molecule has 0 spiro atoms. The van der Waals surface area contributed by atoms with Gasteiger partial charge in [-0.15, -0.1) is 21.5 Å². The van der Waals surface area contributed by atoms with Gasteiger partial charge in [0.05, 0.1) is 4.88 Å². The van der Waals surface area contributed by atoms with Crippen LogP contribution in [0, 0.1) is 0 Å². The Morgan fingerprint density at radius 2 is 1.96 bits per heavy atom. The number of benzene rings is 1. The number of ether oxygens (including phenoxy) is 1. The molecular formula is C16H13N3O4S. The zero-order chi connectivity index (χ0) is 16.8. The van der Waals surface area contributed by atoms with Gasteiger partial charge in [0.1, 0.15) is 6.54 Å². The molecule has 0 saturated carbocycles. The van der Waals surface area contributed by atoms with Gasteiger partial charge in [-0.1, -0.05) is 24.3 Å². The summed E-state index contributed by atoms with van der Waals surface area (Å²) in [6, 6.07) is 12.7. The molecule has 1 aromatic carbocycles. The number of hydrogen-bond donors (Lipinski definition) is 1. The molecule has 7 nitrogen and oxygen atoms in total. The summed E-state index contributed by atoms with van der Waals surface area (Å²) in [5.41, 5.74) is 0.783. The zero-order valence-electron chi connectivity index (χ0n) is 12.5. The predicted molar refractivity (Wildman–Crippen MR) is 86.2 cm³/mol. The van der Waals surface area contributed by atoms with Crippen molar-refractivity contribution in [3.8, 4) is 11.5 Å². The first-order valence-electron chi connectivity index (χ1n) is 7.07. The maximum absolute atomic E-state index is 11.7. The van der Waals surface area contributed by atoms with E-state index >= 15 is 0 Å². The Balaban J connectivity index is 1.46. The van der Waals surface area contributed by atoms with Crippen LogP contribution in [0.1, 0.15) is 15.6 Å². The zero-order valence-corrected chi connectivity index (χ0v) is 13.3. The average molecular weight is 343 g/mol. The molecule has 0 radical (unpaired) electrons. The Morgan fingerprint density at radius 3 is 2.71 bits per heavy atom. The molecule has 0 aliphatic carbocycles. The molecule has 1 amide bonds. The van der Waals surface area contributed by atoms with Crippen LogP contribution in [0.15, 0.2) is 52.3 Å². The van der Waals surface area contributed by atoms with Gasteiger partial charge in [0.25, 0.3) is 11.8 Å². The fraction of sp³-hybridized carbons (Fsp3) is 0.125. The molecule has 0 fully saturated rings. The normalized spacial score (nSPS) is 10.3. The minimum atomic E-state index is -0.584. The molecule has 2 heterocycles. The highest BCUT2D eigenvalue weighted by Crippen LogP contribution is 2.17. The Labute approximate surface area is 141 Å². The minimum absolute atomic E-state index is 0.145. The van der Waals surface area contributed by atoms with Crippen molar-refractivity contribution < 1.29 is 18.7 Å². The van der Waals surface area contributed by atoms with Gasteiger partial charge in [0.2, 0.25) is 5.89 Å². The highest BCUT2D eigenvalue weighted by Gasteiger charge is 2.12. The van der Waals surface area contributed by atoms with Gasteiger partial charge >= 0.3 is 5.97 Å². The third kappa shape index (κ3) is 4.05. The molecule has 2 aromatic heterocycles. The molecule has 3 rings (SSSR count). The molecule has 1 N–H and O–H groups in total. The highest BCUT2D eigenvalue weighted by atomic mass is 32.1. The van der Waals surface area contributed by atoms with Gasteiger partial charge in [-0.3, -0.25) is 9.59 Å². The molecule has 0 unspecified atom stereocenters. The summed E-state index contributed by atoms with van der Waals surface area (Å²) in [5.74, 6) is -0.357. The Hall–Kier alpha value is -3.00. The second-order valence-electron chi connectivity index (χ2n) is 4.69. The smallest absolute Gasteiger partial charge is 0.325 e. The number of nitrogens with zero attached hydrogens (tertiary/aromatic N) is 2. The van der Waals surface area contributed by atoms with Gasteiger partial charge in [0.15, 0.2) is 6.61 Å². The summed E-state index contributed by atoms with van der Waals surface area (Å²) in [4.78, 5) is 23.9. The number of carbonyl (C=O) groups excluding carboxylic acids is 2. The van der Waals surface area contributed by atoms with Gasteiger partial charge < -0.3 is 14.5 Å². The fourth-order valence-corrected chi connectivity index (χ4v) is 2.49. The van der Waals surface area contributed by atoms with Crippen LogP contribution in [0.25, 0.3) is 11.5 Å². The van der Waals surface area contributed by atoms with Crippen LogP contribution in [0.3, 0.4) is 0 Å². The second kappa shape index (κ2) is 7.51.